The van der Waals surface area contributed by atoms with Gasteiger partial charge in [-0.25, -0.2) is 4.98 Å². The number of rotatable bonds is 7. The van der Waals surface area contributed by atoms with Gasteiger partial charge in [-0.2, -0.15) is 0 Å². The third kappa shape index (κ3) is 3.82. The lowest BCUT2D eigenvalue weighted by Gasteiger charge is -2.19. The molecule has 0 radical (unpaired) electrons. The van der Waals surface area contributed by atoms with E-state index in [1.807, 2.05) is 47.0 Å². The van der Waals surface area contributed by atoms with Gasteiger partial charge in [0, 0.05) is 18.9 Å². The Kier molecular flexibility index (Phi) is 4.66. The van der Waals surface area contributed by atoms with Gasteiger partial charge in [-0.3, -0.25) is 14.2 Å². The summed E-state index contributed by atoms with van der Waals surface area (Å²) in [6.07, 6.45) is 5.16. The molecule has 1 aromatic heterocycles. The maximum absolute atomic E-state index is 13.0. The van der Waals surface area contributed by atoms with Crippen molar-refractivity contribution in [1.82, 2.24) is 14.9 Å². The lowest BCUT2D eigenvalue weighted by Crippen LogP contribution is -2.31. The zero-order chi connectivity index (χ0) is 19.8. The van der Waals surface area contributed by atoms with Gasteiger partial charge in [-0.05, 0) is 49.3 Å². The standard InChI is InChI=1S/C24H25N3O2/c28-22(26-23(17-10-11-17)16-6-2-1-3-7-16)15-14-21-25-20-9-5-4-8-19(20)24(29)27(21)18-12-13-18/h1-9,17-18,23H,10-15H2,(H,26,28). The first-order valence-electron chi connectivity index (χ1n) is 10.5. The molecule has 1 unspecified atom stereocenters. The molecule has 2 aliphatic carbocycles. The van der Waals surface area contributed by atoms with Gasteiger partial charge in [0.15, 0.2) is 0 Å². The van der Waals surface area contributed by atoms with Gasteiger partial charge in [0.2, 0.25) is 5.91 Å². The fourth-order valence-electron chi connectivity index (χ4n) is 4.11. The first-order valence-corrected chi connectivity index (χ1v) is 10.5. The average molecular weight is 387 g/mol. The summed E-state index contributed by atoms with van der Waals surface area (Å²) >= 11 is 0. The number of para-hydroxylation sites is 1. The summed E-state index contributed by atoms with van der Waals surface area (Å²) in [5, 5.41) is 3.89. The van der Waals surface area contributed by atoms with Crippen molar-refractivity contribution >= 4 is 16.8 Å². The van der Waals surface area contributed by atoms with E-state index in [1.165, 1.54) is 5.56 Å². The smallest absolute Gasteiger partial charge is 0.261 e. The van der Waals surface area contributed by atoms with Crippen molar-refractivity contribution in [2.45, 2.75) is 50.6 Å². The van der Waals surface area contributed by atoms with Crippen LogP contribution in [0.25, 0.3) is 10.9 Å². The van der Waals surface area contributed by atoms with Crippen LogP contribution in [0.2, 0.25) is 0 Å². The molecule has 29 heavy (non-hydrogen) atoms. The number of benzene rings is 2. The molecule has 2 fully saturated rings. The number of nitrogens with one attached hydrogen (secondary N) is 1. The van der Waals surface area contributed by atoms with Crippen LogP contribution in [0.1, 0.15) is 55.6 Å². The maximum Gasteiger partial charge on any atom is 0.261 e. The van der Waals surface area contributed by atoms with E-state index in [4.69, 9.17) is 4.98 Å². The topological polar surface area (TPSA) is 64.0 Å². The number of hydrogen-bond donors (Lipinski definition) is 1. The predicted molar refractivity (Wildman–Crippen MR) is 113 cm³/mol. The highest BCUT2D eigenvalue weighted by molar-refractivity contribution is 5.78. The molecule has 5 rings (SSSR count). The van der Waals surface area contributed by atoms with Gasteiger partial charge in [-0.1, -0.05) is 42.5 Å². The third-order valence-corrected chi connectivity index (χ3v) is 5.94. The number of aromatic nitrogens is 2. The molecule has 5 nitrogen and oxygen atoms in total. The van der Waals surface area contributed by atoms with Crippen molar-refractivity contribution in [1.29, 1.82) is 0 Å². The highest BCUT2D eigenvalue weighted by Gasteiger charge is 2.33. The molecule has 2 saturated carbocycles. The molecule has 2 aliphatic rings. The van der Waals surface area contributed by atoms with E-state index in [-0.39, 0.29) is 23.6 Å². The average Bonchev–Trinajstić information content (AvgIpc) is 3.65. The van der Waals surface area contributed by atoms with E-state index in [1.54, 1.807) is 0 Å². The molecule has 5 heteroatoms. The van der Waals surface area contributed by atoms with E-state index in [0.717, 1.165) is 31.5 Å². The van der Waals surface area contributed by atoms with E-state index in [0.29, 0.717) is 29.7 Å². The Morgan fingerprint density at radius 1 is 1.03 bits per heavy atom. The van der Waals surface area contributed by atoms with Crippen molar-refractivity contribution in [3.8, 4) is 0 Å². The molecule has 0 bridgehead atoms. The first kappa shape index (κ1) is 18.1. The number of hydrogen-bond acceptors (Lipinski definition) is 3. The van der Waals surface area contributed by atoms with Crippen LogP contribution in [0.4, 0.5) is 0 Å². The van der Waals surface area contributed by atoms with Crippen LogP contribution in [0, 0.1) is 5.92 Å². The van der Waals surface area contributed by atoms with Crippen molar-refractivity contribution in [3.63, 3.8) is 0 Å². The Balaban J connectivity index is 1.34. The van der Waals surface area contributed by atoms with E-state index in [9.17, 15) is 9.59 Å². The van der Waals surface area contributed by atoms with E-state index < -0.39 is 0 Å². The van der Waals surface area contributed by atoms with Gasteiger partial charge in [0.1, 0.15) is 5.82 Å². The largest absolute Gasteiger partial charge is 0.349 e. The zero-order valence-corrected chi connectivity index (χ0v) is 16.4. The first-order chi connectivity index (χ1) is 14.2. The molecule has 2 aromatic carbocycles. The monoisotopic (exact) mass is 387 g/mol. The van der Waals surface area contributed by atoms with Crippen molar-refractivity contribution < 1.29 is 4.79 Å². The van der Waals surface area contributed by atoms with Crippen LogP contribution in [-0.2, 0) is 11.2 Å². The molecule has 1 heterocycles. The Bertz CT molecular complexity index is 1100. The molecule has 3 aromatic rings. The van der Waals surface area contributed by atoms with E-state index >= 15 is 0 Å². The molecule has 0 aliphatic heterocycles. The van der Waals surface area contributed by atoms with Crippen LogP contribution < -0.4 is 10.9 Å². The minimum absolute atomic E-state index is 0.0219. The van der Waals surface area contributed by atoms with E-state index in [2.05, 4.69) is 17.4 Å². The summed E-state index contributed by atoms with van der Waals surface area (Å²) in [7, 11) is 0. The van der Waals surface area contributed by atoms with Crippen LogP contribution in [0.3, 0.4) is 0 Å². The minimum atomic E-state index is 0.0219. The Morgan fingerprint density at radius 2 is 1.76 bits per heavy atom. The van der Waals surface area contributed by atoms with Crippen molar-refractivity contribution in [2.75, 3.05) is 0 Å². The molecular formula is C24H25N3O2. The number of carbonyl (C=O) groups is 1. The Hall–Kier alpha value is -2.95. The number of aryl methyl sites for hydroxylation is 1. The van der Waals surface area contributed by atoms with Gasteiger partial charge in [0.05, 0.1) is 16.9 Å². The predicted octanol–water partition coefficient (Wildman–Crippen LogP) is 3.93. The third-order valence-electron chi connectivity index (χ3n) is 5.94. The molecule has 1 amide bonds. The molecule has 0 spiro atoms. The Morgan fingerprint density at radius 3 is 2.48 bits per heavy atom. The number of carbonyl (C=O) groups excluding carboxylic acids is 1. The fraction of sp³-hybridized carbons (Fsp3) is 0.375. The highest BCUT2D eigenvalue weighted by atomic mass is 16.1. The normalized spacial score (nSPS) is 17.2. The van der Waals surface area contributed by atoms with Crippen LogP contribution in [-0.4, -0.2) is 15.5 Å². The summed E-state index contributed by atoms with van der Waals surface area (Å²) in [4.78, 5) is 30.4. The second kappa shape index (κ2) is 7.47. The number of amides is 1. The molecule has 0 saturated heterocycles. The lowest BCUT2D eigenvalue weighted by atomic mass is 10.0. The summed E-state index contributed by atoms with van der Waals surface area (Å²) in [6.45, 7) is 0. The second-order valence-corrected chi connectivity index (χ2v) is 8.24. The Labute approximate surface area is 169 Å². The molecule has 1 N–H and O–H groups in total. The van der Waals surface area contributed by atoms with Crippen LogP contribution in [0.5, 0.6) is 0 Å². The summed E-state index contributed by atoms with van der Waals surface area (Å²) in [6, 6.07) is 18.0. The van der Waals surface area contributed by atoms with Gasteiger partial charge in [-0.15, -0.1) is 0 Å². The number of nitrogens with zero attached hydrogens (tertiary/aromatic N) is 2. The summed E-state index contributed by atoms with van der Waals surface area (Å²) in [5.41, 5.74) is 1.90. The second-order valence-electron chi connectivity index (χ2n) is 8.24. The van der Waals surface area contributed by atoms with Crippen molar-refractivity contribution in [3.05, 3.63) is 76.3 Å². The molecule has 148 valence electrons. The maximum atomic E-state index is 13.0. The lowest BCUT2D eigenvalue weighted by molar-refractivity contribution is -0.122. The fourth-order valence-corrected chi connectivity index (χ4v) is 4.11. The molecular weight excluding hydrogens is 362 g/mol. The van der Waals surface area contributed by atoms with Gasteiger partial charge >= 0.3 is 0 Å². The SMILES string of the molecule is O=C(CCc1nc2ccccc2c(=O)n1C1CC1)NC(c1ccccc1)C1CC1. The van der Waals surface area contributed by atoms with Crippen LogP contribution >= 0.6 is 0 Å². The quantitative estimate of drug-likeness (QED) is 0.668. The van der Waals surface area contributed by atoms with Gasteiger partial charge in [0.25, 0.3) is 5.56 Å². The summed E-state index contributed by atoms with van der Waals surface area (Å²) < 4.78 is 1.82. The highest BCUT2D eigenvalue weighted by Crippen LogP contribution is 2.41. The van der Waals surface area contributed by atoms with Crippen molar-refractivity contribution in [2.24, 2.45) is 5.92 Å². The number of fused-ring (bicyclic) bond motifs is 1. The minimum Gasteiger partial charge on any atom is -0.349 e. The molecule has 1 atom stereocenters. The van der Waals surface area contributed by atoms with Gasteiger partial charge < -0.3 is 5.32 Å². The van der Waals surface area contributed by atoms with Crippen LogP contribution in [0.15, 0.2) is 59.4 Å². The summed E-state index contributed by atoms with van der Waals surface area (Å²) in [5.74, 6) is 1.29. The zero-order valence-electron chi connectivity index (χ0n) is 16.4.